The number of nitrogens with two attached hydrogens (primary N) is 1. The number of Topliss-reactive ketones (excluding diaryl/α,β-unsaturated/α-hetero) is 1. The predicted octanol–water partition coefficient (Wildman–Crippen LogP) is 0.636. The molecule has 0 amide bonds. The van der Waals surface area contributed by atoms with E-state index < -0.39 is 12.0 Å². The van der Waals surface area contributed by atoms with Crippen LogP contribution >= 0.6 is 0 Å². The van der Waals surface area contributed by atoms with E-state index in [0.29, 0.717) is 0 Å². The minimum absolute atomic E-state index is 0.0191. The van der Waals surface area contributed by atoms with Crippen molar-refractivity contribution in [3.05, 3.63) is 0 Å². The Labute approximate surface area is 83.8 Å². The molecule has 1 saturated carbocycles. The zero-order chi connectivity index (χ0) is 10.6. The molecule has 4 nitrogen and oxygen atoms in total. The van der Waals surface area contributed by atoms with Crippen LogP contribution in [0.3, 0.4) is 0 Å². The Morgan fingerprint density at radius 3 is 2.50 bits per heavy atom. The van der Waals surface area contributed by atoms with Gasteiger partial charge in [-0.25, -0.2) is 4.79 Å². The van der Waals surface area contributed by atoms with Crippen LogP contribution < -0.4 is 5.73 Å². The van der Waals surface area contributed by atoms with Crippen molar-refractivity contribution < 1.29 is 14.3 Å². The van der Waals surface area contributed by atoms with Gasteiger partial charge in [0.1, 0.15) is 0 Å². The lowest BCUT2D eigenvalue weighted by Gasteiger charge is -2.13. The summed E-state index contributed by atoms with van der Waals surface area (Å²) in [6.45, 7) is 1.97. The molecule has 1 rings (SSSR count). The standard InChI is InChI=1S/C10H17NO3/c1-2-14-10(13)8(11)9(12)7-5-3-4-6-7/h7-8H,2-6,11H2,1H3. The zero-order valence-corrected chi connectivity index (χ0v) is 8.49. The molecule has 0 aromatic heterocycles. The van der Waals surface area contributed by atoms with Crippen LogP contribution in [0.5, 0.6) is 0 Å². The Kier molecular flexibility index (Phi) is 4.07. The Morgan fingerprint density at radius 1 is 1.43 bits per heavy atom. The van der Waals surface area contributed by atoms with Gasteiger partial charge in [0.25, 0.3) is 0 Å². The van der Waals surface area contributed by atoms with Gasteiger partial charge in [0.15, 0.2) is 11.8 Å². The topological polar surface area (TPSA) is 69.4 Å². The van der Waals surface area contributed by atoms with E-state index in [4.69, 9.17) is 10.5 Å². The Hall–Kier alpha value is -0.900. The van der Waals surface area contributed by atoms with Crippen LogP contribution in [0.25, 0.3) is 0 Å². The lowest BCUT2D eigenvalue weighted by Crippen LogP contribution is -2.42. The van der Waals surface area contributed by atoms with E-state index in [1.54, 1.807) is 6.92 Å². The molecule has 14 heavy (non-hydrogen) atoms. The Morgan fingerprint density at radius 2 is 2.00 bits per heavy atom. The van der Waals surface area contributed by atoms with E-state index in [2.05, 4.69) is 0 Å². The molecule has 0 aromatic carbocycles. The average Bonchev–Trinajstić information content (AvgIpc) is 2.68. The zero-order valence-electron chi connectivity index (χ0n) is 8.49. The third-order valence-corrected chi connectivity index (χ3v) is 2.60. The highest BCUT2D eigenvalue weighted by atomic mass is 16.5. The van der Waals surface area contributed by atoms with Gasteiger partial charge < -0.3 is 10.5 Å². The van der Waals surface area contributed by atoms with Gasteiger partial charge in [0, 0.05) is 5.92 Å². The molecule has 0 saturated heterocycles. The number of carbonyl (C=O) groups excluding carboxylic acids is 2. The summed E-state index contributed by atoms with van der Waals surface area (Å²) in [7, 11) is 0. The monoisotopic (exact) mass is 199 g/mol. The maximum atomic E-state index is 11.6. The Balaban J connectivity index is 2.46. The maximum Gasteiger partial charge on any atom is 0.330 e. The third kappa shape index (κ3) is 2.54. The molecule has 1 aliphatic carbocycles. The molecule has 1 aliphatic rings. The van der Waals surface area contributed by atoms with E-state index in [9.17, 15) is 9.59 Å². The Bertz CT molecular complexity index is 221. The van der Waals surface area contributed by atoms with E-state index in [-0.39, 0.29) is 18.3 Å². The SMILES string of the molecule is CCOC(=O)C(N)C(=O)C1CCCC1. The summed E-state index contributed by atoms with van der Waals surface area (Å²) in [4.78, 5) is 22.8. The van der Waals surface area contributed by atoms with Crippen molar-refractivity contribution in [3.63, 3.8) is 0 Å². The maximum absolute atomic E-state index is 11.6. The number of carbonyl (C=O) groups is 2. The summed E-state index contributed by atoms with van der Waals surface area (Å²) in [5, 5.41) is 0. The van der Waals surface area contributed by atoms with Crippen LogP contribution in [0.4, 0.5) is 0 Å². The fraction of sp³-hybridized carbons (Fsp3) is 0.800. The molecule has 0 spiro atoms. The lowest BCUT2D eigenvalue weighted by atomic mass is 9.97. The lowest BCUT2D eigenvalue weighted by molar-refractivity contribution is -0.148. The smallest absolute Gasteiger partial charge is 0.330 e. The normalized spacial score (nSPS) is 19.3. The first-order valence-corrected chi connectivity index (χ1v) is 5.12. The molecule has 0 heterocycles. The van der Waals surface area contributed by atoms with Crippen molar-refractivity contribution in [2.45, 2.75) is 38.6 Å². The number of hydrogen-bond donors (Lipinski definition) is 1. The number of rotatable bonds is 4. The molecule has 4 heteroatoms. The second-order valence-electron chi connectivity index (χ2n) is 3.61. The minimum Gasteiger partial charge on any atom is -0.464 e. The molecule has 2 N–H and O–H groups in total. The van der Waals surface area contributed by atoms with E-state index >= 15 is 0 Å². The summed E-state index contributed by atoms with van der Waals surface area (Å²) >= 11 is 0. The van der Waals surface area contributed by atoms with Crippen molar-refractivity contribution in [3.8, 4) is 0 Å². The fourth-order valence-electron chi connectivity index (χ4n) is 1.81. The summed E-state index contributed by atoms with van der Waals surface area (Å²) in [5.41, 5.74) is 5.50. The van der Waals surface area contributed by atoms with Gasteiger partial charge in [0.05, 0.1) is 6.61 Å². The van der Waals surface area contributed by atoms with Gasteiger partial charge in [-0.3, -0.25) is 4.79 Å². The molecule has 0 aliphatic heterocycles. The second-order valence-corrected chi connectivity index (χ2v) is 3.61. The van der Waals surface area contributed by atoms with Crippen molar-refractivity contribution in [1.82, 2.24) is 0 Å². The third-order valence-electron chi connectivity index (χ3n) is 2.60. The van der Waals surface area contributed by atoms with Gasteiger partial charge in [-0.15, -0.1) is 0 Å². The van der Waals surface area contributed by atoms with Crippen LogP contribution in [0.1, 0.15) is 32.6 Å². The largest absolute Gasteiger partial charge is 0.464 e. The number of ketones is 1. The van der Waals surface area contributed by atoms with Crippen LogP contribution in [0, 0.1) is 5.92 Å². The number of ether oxygens (including phenoxy) is 1. The average molecular weight is 199 g/mol. The number of hydrogen-bond acceptors (Lipinski definition) is 4. The predicted molar refractivity (Wildman–Crippen MR) is 51.6 cm³/mol. The second kappa shape index (κ2) is 5.10. The molecule has 0 aromatic rings. The van der Waals surface area contributed by atoms with Gasteiger partial charge in [-0.05, 0) is 19.8 Å². The summed E-state index contributed by atoms with van der Waals surface area (Å²) in [5.74, 6) is -0.764. The van der Waals surface area contributed by atoms with Crippen molar-refractivity contribution in [1.29, 1.82) is 0 Å². The molecule has 0 bridgehead atoms. The van der Waals surface area contributed by atoms with E-state index in [1.165, 1.54) is 0 Å². The fourth-order valence-corrected chi connectivity index (χ4v) is 1.81. The molecular weight excluding hydrogens is 182 g/mol. The van der Waals surface area contributed by atoms with Gasteiger partial charge in [-0.2, -0.15) is 0 Å². The molecule has 1 unspecified atom stereocenters. The molecule has 80 valence electrons. The minimum atomic E-state index is -1.07. The first-order chi connectivity index (χ1) is 6.66. The highest BCUT2D eigenvalue weighted by Crippen LogP contribution is 2.26. The summed E-state index contributed by atoms with van der Waals surface area (Å²) in [6, 6.07) is -1.07. The highest BCUT2D eigenvalue weighted by Gasteiger charge is 2.31. The molecular formula is C10H17NO3. The number of esters is 1. The molecule has 0 radical (unpaired) electrons. The van der Waals surface area contributed by atoms with Gasteiger partial charge >= 0.3 is 5.97 Å². The van der Waals surface area contributed by atoms with E-state index in [0.717, 1.165) is 25.7 Å². The van der Waals surface area contributed by atoms with Gasteiger partial charge in [0.2, 0.25) is 0 Å². The summed E-state index contributed by atoms with van der Waals surface area (Å²) < 4.78 is 4.70. The quantitative estimate of drug-likeness (QED) is 0.532. The van der Waals surface area contributed by atoms with Crippen molar-refractivity contribution >= 4 is 11.8 Å². The first kappa shape index (κ1) is 11.2. The molecule has 1 fully saturated rings. The van der Waals surface area contributed by atoms with Crippen molar-refractivity contribution in [2.75, 3.05) is 6.61 Å². The van der Waals surface area contributed by atoms with Crippen molar-refractivity contribution in [2.24, 2.45) is 11.7 Å². The van der Waals surface area contributed by atoms with Crippen LogP contribution in [0.2, 0.25) is 0 Å². The molecule has 1 atom stereocenters. The van der Waals surface area contributed by atoms with E-state index in [1.807, 2.05) is 0 Å². The van der Waals surface area contributed by atoms with Crippen LogP contribution in [0.15, 0.2) is 0 Å². The van der Waals surface area contributed by atoms with Crippen LogP contribution in [-0.2, 0) is 14.3 Å². The van der Waals surface area contributed by atoms with Gasteiger partial charge in [-0.1, -0.05) is 12.8 Å². The first-order valence-electron chi connectivity index (χ1n) is 5.12. The van der Waals surface area contributed by atoms with Crippen LogP contribution in [-0.4, -0.2) is 24.4 Å². The highest BCUT2D eigenvalue weighted by molar-refractivity contribution is 6.03. The summed E-state index contributed by atoms with van der Waals surface area (Å²) in [6.07, 6.45) is 3.86.